The van der Waals surface area contributed by atoms with Gasteiger partial charge in [0.05, 0.1) is 4.92 Å². The van der Waals surface area contributed by atoms with Gasteiger partial charge in [-0.15, -0.1) is 0 Å². The molecular weight excluding hydrogens is 274 g/mol. The highest BCUT2D eigenvalue weighted by Crippen LogP contribution is 2.34. The van der Waals surface area contributed by atoms with Crippen molar-refractivity contribution in [2.45, 2.75) is 37.9 Å². The first kappa shape index (κ1) is 13.2. The maximum Gasteiger partial charge on any atom is 0.313 e. The largest absolute Gasteiger partial charge is 0.313 e. The van der Waals surface area contributed by atoms with Crippen LogP contribution in [-0.4, -0.2) is 19.5 Å². The summed E-state index contributed by atoms with van der Waals surface area (Å²) in [4.78, 5) is 10.9. The van der Waals surface area contributed by atoms with Crippen LogP contribution in [0.5, 0.6) is 0 Å². The minimum Gasteiger partial charge on any atom is -0.265 e. The van der Waals surface area contributed by atoms with Crippen molar-refractivity contribution in [2.24, 2.45) is 7.05 Å². The van der Waals surface area contributed by atoms with Crippen molar-refractivity contribution in [3.8, 4) is 0 Å². The Morgan fingerprint density at radius 2 is 2.19 bits per heavy atom. The molecule has 0 saturated heterocycles. The lowest BCUT2D eigenvalue weighted by atomic mass is 10.0. The van der Waals surface area contributed by atoms with Gasteiger partial charge in [0.1, 0.15) is 11.4 Å². The molecule has 0 aromatic carbocycles. The fraction of sp³-hybridized carbons (Fsp3) is 0.700. The van der Waals surface area contributed by atoms with Crippen molar-refractivity contribution >= 4 is 21.6 Å². The molecule has 16 heavy (non-hydrogen) atoms. The topological polar surface area (TPSA) is 61.0 Å². The number of rotatable bonds is 4. The van der Waals surface area contributed by atoms with Crippen LogP contribution in [0.15, 0.2) is 0 Å². The third-order valence-corrected chi connectivity index (χ3v) is 4.22. The lowest BCUT2D eigenvalue weighted by Gasteiger charge is -2.16. The monoisotopic (exact) mass is 289 g/mol. The number of nitro groups is 1. The molecule has 0 radical (unpaired) electrons. The van der Waals surface area contributed by atoms with Gasteiger partial charge in [0.15, 0.2) is 0 Å². The lowest BCUT2D eigenvalue weighted by molar-refractivity contribution is -0.386. The maximum absolute atomic E-state index is 11.0. The van der Waals surface area contributed by atoms with Crippen LogP contribution in [0.25, 0.3) is 0 Å². The third-order valence-electron chi connectivity index (χ3n) is 2.78. The molecule has 1 aromatic rings. The Balaban J connectivity index is 3.26. The van der Waals surface area contributed by atoms with Crippen LogP contribution in [0.4, 0.5) is 5.69 Å². The number of nitrogens with zero attached hydrogens (tertiary/aromatic N) is 3. The summed E-state index contributed by atoms with van der Waals surface area (Å²) in [5, 5.41) is 15.1. The van der Waals surface area contributed by atoms with E-state index in [1.165, 1.54) is 0 Å². The Hall–Kier alpha value is -0.910. The molecule has 1 heterocycles. The molecule has 0 bridgehead atoms. The maximum atomic E-state index is 11.0. The van der Waals surface area contributed by atoms with Gasteiger partial charge in [-0.3, -0.25) is 14.8 Å². The van der Waals surface area contributed by atoms with E-state index in [1.54, 1.807) is 18.7 Å². The number of hydrogen-bond donors (Lipinski definition) is 0. The zero-order chi connectivity index (χ0) is 12.5. The molecular formula is C10H16BrN3O2. The summed E-state index contributed by atoms with van der Waals surface area (Å²) in [6.45, 7) is 5.70. The minimum absolute atomic E-state index is 0.0663. The molecule has 0 spiro atoms. The van der Waals surface area contributed by atoms with E-state index in [2.05, 4.69) is 21.0 Å². The molecule has 90 valence electrons. The van der Waals surface area contributed by atoms with Gasteiger partial charge in [0, 0.05) is 17.8 Å². The van der Waals surface area contributed by atoms with Gasteiger partial charge in [-0.25, -0.2) is 0 Å². The quantitative estimate of drug-likeness (QED) is 0.486. The van der Waals surface area contributed by atoms with E-state index in [0.717, 1.165) is 6.42 Å². The average Bonchev–Trinajstić information content (AvgIpc) is 2.51. The molecule has 6 heteroatoms. The van der Waals surface area contributed by atoms with Gasteiger partial charge in [-0.2, -0.15) is 5.10 Å². The van der Waals surface area contributed by atoms with Crippen LogP contribution in [-0.2, 0) is 7.05 Å². The van der Waals surface area contributed by atoms with Crippen LogP contribution >= 0.6 is 15.9 Å². The second kappa shape index (κ2) is 4.95. The first-order valence-electron chi connectivity index (χ1n) is 5.22. The summed E-state index contributed by atoms with van der Waals surface area (Å²) < 4.78 is 1.61. The van der Waals surface area contributed by atoms with E-state index in [1.807, 2.05) is 13.8 Å². The Labute approximate surface area is 103 Å². The van der Waals surface area contributed by atoms with Gasteiger partial charge < -0.3 is 0 Å². The summed E-state index contributed by atoms with van der Waals surface area (Å²) in [6.07, 6.45) is 0.919. The van der Waals surface area contributed by atoms with Crippen LogP contribution in [0.2, 0.25) is 0 Å². The van der Waals surface area contributed by atoms with Crippen molar-refractivity contribution in [1.29, 1.82) is 0 Å². The van der Waals surface area contributed by atoms with Crippen LogP contribution < -0.4 is 0 Å². The molecule has 0 amide bonds. The van der Waals surface area contributed by atoms with E-state index in [9.17, 15) is 10.1 Å². The predicted octanol–water partition coefficient (Wildman–Crippen LogP) is 2.91. The van der Waals surface area contributed by atoms with Gasteiger partial charge in [-0.1, -0.05) is 29.8 Å². The molecule has 0 aliphatic rings. The van der Waals surface area contributed by atoms with E-state index >= 15 is 0 Å². The standard InChI is InChI=1S/C10H16BrN3O2/c1-5-8(11)6(2)9-10(14(15)16)7(3)12-13(9)4/h6,8H,5H2,1-4H3. The molecule has 1 aromatic heterocycles. The molecule has 0 N–H and O–H groups in total. The molecule has 1 rings (SSSR count). The Morgan fingerprint density at radius 3 is 2.62 bits per heavy atom. The van der Waals surface area contributed by atoms with Crippen LogP contribution in [0, 0.1) is 17.0 Å². The van der Waals surface area contributed by atoms with Crippen LogP contribution in [0.1, 0.15) is 37.6 Å². The van der Waals surface area contributed by atoms with Crippen molar-refractivity contribution in [2.75, 3.05) is 0 Å². The van der Waals surface area contributed by atoms with E-state index < -0.39 is 0 Å². The summed E-state index contributed by atoms with van der Waals surface area (Å²) in [5.41, 5.74) is 1.31. The highest BCUT2D eigenvalue weighted by Gasteiger charge is 2.30. The molecule has 2 atom stereocenters. The number of aromatic nitrogens is 2. The smallest absolute Gasteiger partial charge is 0.265 e. The summed E-state index contributed by atoms with van der Waals surface area (Å²) in [6, 6.07) is 0. The second-order valence-corrected chi connectivity index (χ2v) is 5.09. The number of hydrogen-bond acceptors (Lipinski definition) is 3. The highest BCUT2D eigenvalue weighted by atomic mass is 79.9. The third kappa shape index (κ3) is 2.26. The lowest BCUT2D eigenvalue weighted by Crippen LogP contribution is -2.13. The molecule has 0 fully saturated rings. The molecule has 2 unspecified atom stereocenters. The van der Waals surface area contributed by atoms with Gasteiger partial charge in [0.2, 0.25) is 0 Å². The van der Waals surface area contributed by atoms with Crippen molar-refractivity contribution < 1.29 is 4.92 Å². The van der Waals surface area contributed by atoms with Gasteiger partial charge in [0.25, 0.3) is 0 Å². The summed E-state index contributed by atoms with van der Waals surface area (Å²) in [7, 11) is 1.75. The van der Waals surface area contributed by atoms with Crippen molar-refractivity contribution in [1.82, 2.24) is 9.78 Å². The second-order valence-electron chi connectivity index (χ2n) is 3.91. The van der Waals surface area contributed by atoms with Crippen molar-refractivity contribution in [3.63, 3.8) is 0 Å². The van der Waals surface area contributed by atoms with Crippen molar-refractivity contribution in [3.05, 3.63) is 21.5 Å². The van der Waals surface area contributed by atoms with Gasteiger partial charge in [-0.05, 0) is 13.3 Å². The first-order chi connectivity index (χ1) is 7.40. The number of aryl methyl sites for hydroxylation is 2. The SMILES string of the molecule is CCC(Br)C(C)c1c([N+](=O)[O-])c(C)nn1C. The normalized spacial score (nSPS) is 14.8. The molecule has 0 aliphatic carbocycles. The average molecular weight is 290 g/mol. The molecule has 5 nitrogen and oxygen atoms in total. The minimum atomic E-state index is -0.344. The van der Waals surface area contributed by atoms with Gasteiger partial charge >= 0.3 is 5.69 Å². The zero-order valence-electron chi connectivity index (χ0n) is 9.90. The summed E-state index contributed by atoms with van der Waals surface area (Å²) >= 11 is 3.54. The van der Waals surface area contributed by atoms with E-state index in [0.29, 0.717) is 11.4 Å². The zero-order valence-corrected chi connectivity index (χ0v) is 11.5. The van der Waals surface area contributed by atoms with E-state index in [4.69, 9.17) is 0 Å². The first-order valence-corrected chi connectivity index (χ1v) is 6.13. The predicted molar refractivity (Wildman–Crippen MR) is 66.0 cm³/mol. The Bertz CT molecular complexity index is 403. The van der Waals surface area contributed by atoms with Crippen LogP contribution in [0.3, 0.4) is 0 Å². The Morgan fingerprint density at radius 1 is 1.62 bits per heavy atom. The fourth-order valence-corrected chi connectivity index (χ4v) is 2.18. The number of alkyl halides is 1. The Kier molecular flexibility index (Phi) is 4.07. The highest BCUT2D eigenvalue weighted by molar-refractivity contribution is 9.09. The van der Waals surface area contributed by atoms with E-state index in [-0.39, 0.29) is 21.4 Å². The number of halogens is 1. The molecule has 0 aliphatic heterocycles. The molecule has 0 saturated carbocycles. The summed E-state index contributed by atoms with van der Waals surface area (Å²) in [5.74, 6) is 0.0663. The fourth-order valence-electron chi connectivity index (χ4n) is 1.93.